The van der Waals surface area contributed by atoms with E-state index in [0.717, 1.165) is 17.8 Å². The lowest BCUT2D eigenvalue weighted by Crippen LogP contribution is -2.27. The molecule has 1 fully saturated rings. The van der Waals surface area contributed by atoms with E-state index < -0.39 is 26.6 Å². The van der Waals surface area contributed by atoms with E-state index in [1.807, 2.05) is 0 Å². The molecule has 0 bridgehead atoms. The van der Waals surface area contributed by atoms with Gasteiger partial charge < -0.3 is 5.32 Å². The monoisotopic (exact) mass is 391 g/mol. The maximum absolute atomic E-state index is 13.1. The van der Waals surface area contributed by atoms with E-state index in [0.29, 0.717) is 24.7 Å². The highest BCUT2D eigenvalue weighted by atomic mass is 32.2. The van der Waals surface area contributed by atoms with Gasteiger partial charge in [-0.25, -0.2) is 22.0 Å². The molecule has 27 heavy (non-hydrogen) atoms. The van der Waals surface area contributed by atoms with Crippen LogP contribution in [0.2, 0.25) is 0 Å². The molecule has 2 aromatic carbocycles. The second-order valence-corrected chi connectivity index (χ2v) is 7.43. The number of nitrogens with one attached hydrogen (secondary N) is 2. The molecule has 1 saturated heterocycles. The molecule has 0 spiro atoms. The fourth-order valence-corrected chi connectivity index (χ4v) is 3.45. The Bertz CT molecular complexity index is 1010. The molecule has 3 rings (SSSR count). The van der Waals surface area contributed by atoms with Crippen molar-refractivity contribution in [2.24, 2.45) is 0 Å². The zero-order chi connectivity index (χ0) is 19.4. The van der Waals surface area contributed by atoms with Gasteiger partial charge in [-0.15, -0.1) is 0 Å². The van der Waals surface area contributed by atoms with Crippen molar-refractivity contribution < 1.29 is 22.0 Å². The summed E-state index contributed by atoms with van der Waals surface area (Å²) in [5, 5.41) is 2.71. The number of urea groups is 1. The summed E-state index contributed by atoms with van der Waals surface area (Å²) in [5.41, 5.74) is 1.37. The van der Waals surface area contributed by atoms with E-state index in [2.05, 4.69) is 21.9 Å². The van der Waals surface area contributed by atoms with Gasteiger partial charge in [-0.05, 0) is 36.4 Å². The molecule has 6 nitrogen and oxygen atoms in total. The van der Waals surface area contributed by atoms with Gasteiger partial charge in [-0.2, -0.15) is 4.72 Å². The number of anilines is 1. The molecule has 1 aliphatic heterocycles. The summed E-state index contributed by atoms with van der Waals surface area (Å²) in [6.45, 7) is 0.957. The summed E-state index contributed by atoms with van der Waals surface area (Å²) in [5.74, 6) is 3.45. The van der Waals surface area contributed by atoms with Crippen LogP contribution in [0.4, 0.5) is 19.3 Å². The maximum Gasteiger partial charge on any atom is 0.321 e. The van der Waals surface area contributed by atoms with Crippen LogP contribution in [0.5, 0.6) is 0 Å². The van der Waals surface area contributed by atoms with Gasteiger partial charge in [0.25, 0.3) is 0 Å². The fraction of sp³-hybridized carbons (Fsp3) is 0.167. The van der Waals surface area contributed by atoms with E-state index in [-0.39, 0.29) is 12.6 Å². The highest BCUT2D eigenvalue weighted by Gasteiger charge is 2.20. The van der Waals surface area contributed by atoms with E-state index in [1.165, 1.54) is 0 Å². The van der Waals surface area contributed by atoms with Crippen LogP contribution in [0.25, 0.3) is 0 Å². The van der Waals surface area contributed by atoms with Crippen LogP contribution in [0, 0.1) is 23.5 Å². The van der Waals surface area contributed by atoms with E-state index in [4.69, 9.17) is 0 Å². The summed E-state index contributed by atoms with van der Waals surface area (Å²) in [7, 11) is -4.07. The number of amides is 2. The Morgan fingerprint density at radius 1 is 1.11 bits per heavy atom. The third-order valence-electron chi connectivity index (χ3n) is 3.77. The molecule has 2 amide bonds. The number of hydrogen-bond acceptors (Lipinski definition) is 3. The summed E-state index contributed by atoms with van der Waals surface area (Å²) in [4.78, 5) is 12.7. The second kappa shape index (κ2) is 7.73. The van der Waals surface area contributed by atoms with Gasteiger partial charge in [0.1, 0.15) is 11.6 Å². The lowest BCUT2D eigenvalue weighted by molar-refractivity contribution is 0.252. The summed E-state index contributed by atoms with van der Waals surface area (Å²) >= 11 is 0. The first kappa shape index (κ1) is 18.8. The van der Waals surface area contributed by atoms with Gasteiger partial charge in [-0.1, -0.05) is 11.8 Å². The van der Waals surface area contributed by atoms with Crippen molar-refractivity contribution in [2.75, 3.05) is 24.5 Å². The molecule has 0 aliphatic carbocycles. The number of carbonyl (C=O) groups excluding carboxylic acids is 1. The molecule has 2 aromatic rings. The minimum Gasteiger partial charge on any atom is -0.336 e. The second-order valence-electron chi connectivity index (χ2n) is 5.66. The standard InChI is InChI=1S/C18H15F2N3O3S/c19-14-10-15(20)12-17(11-14)27(25,26)22-7-1-2-13-3-5-16(6-4-13)23-9-8-21-18(23)24/h3-6,10-12,22H,7-9H2,(H,21,24). The minimum atomic E-state index is -4.07. The van der Waals surface area contributed by atoms with Gasteiger partial charge in [0.15, 0.2) is 0 Å². The van der Waals surface area contributed by atoms with E-state index in [9.17, 15) is 22.0 Å². The molecular formula is C18H15F2N3O3S. The normalized spacial score (nSPS) is 13.9. The number of sulfonamides is 1. The first-order valence-electron chi connectivity index (χ1n) is 7.95. The van der Waals surface area contributed by atoms with Crippen molar-refractivity contribution in [3.63, 3.8) is 0 Å². The molecule has 0 aromatic heterocycles. The highest BCUT2D eigenvalue weighted by molar-refractivity contribution is 7.89. The predicted molar refractivity (Wildman–Crippen MR) is 95.6 cm³/mol. The van der Waals surface area contributed by atoms with Crippen LogP contribution < -0.4 is 14.9 Å². The smallest absolute Gasteiger partial charge is 0.321 e. The highest BCUT2D eigenvalue weighted by Crippen LogP contribution is 2.17. The molecule has 9 heteroatoms. The minimum absolute atomic E-state index is 0.156. The molecule has 0 saturated carbocycles. The fourth-order valence-electron chi connectivity index (χ4n) is 2.49. The van der Waals surface area contributed by atoms with Crippen molar-refractivity contribution in [3.05, 3.63) is 59.7 Å². The van der Waals surface area contributed by atoms with Crippen molar-refractivity contribution in [1.82, 2.24) is 10.0 Å². The summed E-state index contributed by atoms with van der Waals surface area (Å²) < 4.78 is 52.5. The third-order valence-corrected chi connectivity index (χ3v) is 5.15. The van der Waals surface area contributed by atoms with Gasteiger partial charge in [0.2, 0.25) is 10.0 Å². The van der Waals surface area contributed by atoms with Crippen molar-refractivity contribution in [3.8, 4) is 11.8 Å². The van der Waals surface area contributed by atoms with Crippen LogP contribution in [-0.2, 0) is 10.0 Å². The first-order chi connectivity index (χ1) is 12.8. The number of halogens is 2. The number of carbonyl (C=O) groups is 1. The first-order valence-corrected chi connectivity index (χ1v) is 9.43. The quantitative estimate of drug-likeness (QED) is 0.781. The predicted octanol–water partition coefficient (Wildman–Crippen LogP) is 1.82. The van der Waals surface area contributed by atoms with Gasteiger partial charge >= 0.3 is 6.03 Å². The van der Waals surface area contributed by atoms with Crippen LogP contribution in [0.3, 0.4) is 0 Å². The van der Waals surface area contributed by atoms with Crippen molar-refractivity contribution in [1.29, 1.82) is 0 Å². The third kappa shape index (κ3) is 4.61. The Hall–Kier alpha value is -2.96. The molecular weight excluding hydrogens is 376 g/mol. The Labute approximate surface area is 155 Å². The number of hydrogen-bond donors (Lipinski definition) is 2. The molecule has 1 heterocycles. The number of benzene rings is 2. The van der Waals surface area contributed by atoms with Gasteiger partial charge in [0.05, 0.1) is 11.4 Å². The Balaban J connectivity index is 1.62. The average molecular weight is 391 g/mol. The van der Waals surface area contributed by atoms with E-state index >= 15 is 0 Å². The molecule has 0 unspecified atom stereocenters. The number of rotatable bonds is 4. The van der Waals surface area contributed by atoms with Gasteiger partial charge in [-0.3, -0.25) is 4.90 Å². The average Bonchev–Trinajstić information content (AvgIpc) is 3.04. The topological polar surface area (TPSA) is 78.5 Å². The largest absolute Gasteiger partial charge is 0.336 e. The lowest BCUT2D eigenvalue weighted by Gasteiger charge is -2.13. The zero-order valence-corrected chi connectivity index (χ0v) is 14.8. The van der Waals surface area contributed by atoms with Crippen LogP contribution >= 0.6 is 0 Å². The Morgan fingerprint density at radius 3 is 2.37 bits per heavy atom. The molecule has 0 radical (unpaired) electrons. The summed E-state index contributed by atoms with van der Waals surface area (Å²) in [6.07, 6.45) is 0. The number of nitrogens with zero attached hydrogens (tertiary/aromatic N) is 1. The zero-order valence-electron chi connectivity index (χ0n) is 14.0. The molecule has 140 valence electrons. The Morgan fingerprint density at radius 2 is 1.78 bits per heavy atom. The van der Waals surface area contributed by atoms with E-state index in [1.54, 1.807) is 29.2 Å². The summed E-state index contributed by atoms with van der Waals surface area (Å²) in [6, 6.07) is 8.81. The van der Waals surface area contributed by atoms with Crippen LogP contribution in [0.1, 0.15) is 5.56 Å². The van der Waals surface area contributed by atoms with Crippen molar-refractivity contribution in [2.45, 2.75) is 4.90 Å². The van der Waals surface area contributed by atoms with Crippen LogP contribution in [-0.4, -0.2) is 34.1 Å². The molecule has 1 aliphatic rings. The molecule has 2 N–H and O–H groups in total. The van der Waals surface area contributed by atoms with Crippen molar-refractivity contribution >= 4 is 21.7 Å². The Kier molecular flexibility index (Phi) is 5.39. The molecule has 0 atom stereocenters. The van der Waals surface area contributed by atoms with Gasteiger partial charge in [0, 0.05) is 30.4 Å². The van der Waals surface area contributed by atoms with Crippen LogP contribution in [0.15, 0.2) is 47.4 Å². The maximum atomic E-state index is 13.1. The SMILES string of the molecule is O=C1NCCN1c1ccc(C#CCNS(=O)(=O)c2cc(F)cc(F)c2)cc1. The lowest BCUT2D eigenvalue weighted by atomic mass is 10.2.